The third-order valence-electron chi connectivity index (χ3n) is 2.66. The van der Waals surface area contributed by atoms with E-state index in [1.807, 2.05) is 13.0 Å². The van der Waals surface area contributed by atoms with Crippen molar-refractivity contribution in [3.8, 4) is 6.07 Å². The molecule has 17 heavy (non-hydrogen) atoms. The summed E-state index contributed by atoms with van der Waals surface area (Å²) in [4.78, 5) is 1.37. The van der Waals surface area contributed by atoms with Gasteiger partial charge in [-0.05, 0) is 25.8 Å². The van der Waals surface area contributed by atoms with Crippen molar-refractivity contribution in [2.45, 2.75) is 44.4 Å². The smallest absolute Gasteiger partial charge is 0.301 e. The highest BCUT2D eigenvalue weighted by Gasteiger charge is 2.38. The van der Waals surface area contributed by atoms with Gasteiger partial charge in [0, 0.05) is 12.6 Å². The molecule has 0 heterocycles. The molecule has 0 aromatic heterocycles. The standard InChI is InChI=1S/C11H18F3N3/c1-2-5-16-9(6-15)7-17(10-3-4-10)8-11(12,13)14/h9-10,16H,2-5,7-8H2,1H3. The first-order chi connectivity index (χ1) is 7.96. The van der Waals surface area contributed by atoms with Crippen LogP contribution in [0.25, 0.3) is 0 Å². The molecule has 0 aromatic carbocycles. The second kappa shape index (κ2) is 6.22. The van der Waals surface area contributed by atoms with Gasteiger partial charge in [0.1, 0.15) is 6.04 Å². The number of nitrogens with one attached hydrogen (secondary N) is 1. The Bertz CT molecular complexity index is 268. The number of nitrogens with zero attached hydrogens (tertiary/aromatic N) is 2. The molecule has 98 valence electrons. The normalized spacial score (nSPS) is 18.1. The summed E-state index contributed by atoms with van der Waals surface area (Å²) in [5.74, 6) is 0. The van der Waals surface area contributed by atoms with E-state index in [0.29, 0.717) is 6.54 Å². The number of hydrogen-bond acceptors (Lipinski definition) is 3. The molecule has 1 atom stereocenters. The largest absolute Gasteiger partial charge is 0.401 e. The van der Waals surface area contributed by atoms with Crippen molar-refractivity contribution in [3.05, 3.63) is 0 Å². The summed E-state index contributed by atoms with van der Waals surface area (Å²) in [5, 5.41) is 11.8. The fourth-order valence-corrected chi connectivity index (χ4v) is 1.72. The quantitative estimate of drug-likeness (QED) is 0.749. The number of hydrogen-bond donors (Lipinski definition) is 1. The van der Waals surface area contributed by atoms with Crippen molar-refractivity contribution in [1.29, 1.82) is 5.26 Å². The molecule has 3 nitrogen and oxygen atoms in total. The molecule has 1 saturated carbocycles. The third kappa shape index (κ3) is 5.89. The first-order valence-electron chi connectivity index (χ1n) is 5.90. The summed E-state index contributed by atoms with van der Waals surface area (Å²) in [6.45, 7) is 1.85. The summed E-state index contributed by atoms with van der Waals surface area (Å²) in [5.41, 5.74) is 0. The van der Waals surface area contributed by atoms with Crippen molar-refractivity contribution >= 4 is 0 Å². The van der Waals surface area contributed by atoms with E-state index in [1.54, 1.807) is 0 Å². The van der Waals surface area contributed by atoms with Crippen molar-refractivity contribution in [2.75, 3.05) is 19.6 Å². The Hall–Kier alpha value is -0.800. The molecular weight excluding hydrogens is 231 g/mol. The van der Waals surface area contributed by atoms with Gasteiger partial charge in [-0.3, -0.25) is 4.90 Å². The van der Waals surface area contributed by atoms with Crippen molar-refractivity contribution in [3.63, 3.8) is 0 Å². The van der Waals surface area contributed by atoms with E-state index in [2.05, 4.69) is 5.32 Å². The molecule has 0 aromatic rings. The van der Waals surface area contributed by atoms with Crippen LogP contribution in [0.3, 0.4) is 0 Å². The molecule has 0 amide bonds. The first kappa shape index (κ1) is 14.3. The second-order valence-electron chi connectivity index (χ2n) is 4.41. The molecule has 1 aliphatic carbocycles. The van der Waals surface area contributed by atoms with Crippen LogP contribution in [0.15, 0.2) is 0 Å². The molecule has 0 spiro atoms. The molecule has 1 unspecified atom stereocenters. The summed E-state index contributed by atoms with van der Waals surface area (Å²) in [6.07, 6.45) is -1.71. The third-order valence-corrected chi connectivity index (χ3v) is 2.66. The Labute approximate surface area is 99.6 Å². The van der Waals surface area contributed by atoms with Gasteiger partial charge in [-0.15, -0.1) is 0 Å². The summed E-state index contributed by atoms with van der Waals surface area (Å²) >= 11 is 0. The molecule has 6 heteroatoms. The average molecular weight is 249 g/mol. The maximum absolute atomic E-state index is 12.4. The lowest BCUT2D eigenvalue weighted by Crippen LogP contribution is -2.45. The number of alkyl halides is 3. The van der Waals surface area contributed by atoms with E-state index < -0.39 is 18.8 Å². The number of halogens is 3. The van der Waals surface area contributed by atoms with Crippen LogP contribution in [-0.2, 0) is 0 Å². The Morgan fingerprint density at radius 3 is 2.53 bits per heavy atom. The monoisotopic (exact) mass is 249 g/mol. The molecule has 1 rings (SSSR count). The van der Waals surface area contributed by atoms with Crippen molar-refractivity contribution < 1.29 is 13.2 Å². The molecule has 0 aliphatic heterocycles. The number of nitriles is 1. The van der Waals surface area contributed by atoms with E-state index in [-0.39, 0.29) is 12.6 Å². The van der Waals surface area contributed by atoms with Crippen LogP contribution in [0.4, 0.5) is 13.2 Å². The SMILES string of the molecule is CCCNC(C#N)CN(CC(F)(F)F)C1CC1. The average Bonchev–Trinajstić information content (AvgIpc) is 3.04. The molecule has 1 aliphatic rings. The van der Waals surface area contributed by atoms with Crippen LogP contribution in [0.1, 0.15) is 26.2 Å². The zero-order valence-corrected chi connectivity index (χ0v) is 9.93. The van der Waals surface area contributed by atoms with Crippen molar-refractivity contribution in [1.82, 2.24) is 10.2 Å². The van der Waals surface area contributed by atoms with Crippen molar-refractivity contribution in [2.24, 2.45) is 0 Å². The molecule has 1 N–H and O–H groups in total. The van der Waals surface area contributed by atoms with Gasteiger partial charge >= 0.3 is 6.18 Å². The highest BCUT2D eigenvalue weighted by atomic mass is 19.4. The van der Waals surface area contributed by atoms with Gasteiger partial charge in [-0.2, -0.15) is 18.4 Å². The fraction of sp³-hybridized carbons (Fsp3) is 0.909. The van der Waals surface area contributed by atoms with E-state index in [0.717, 1.165) is 19.3 Å². The highest BCUT2D eigenvalue weighted by Crippen LogP contribution is 2.30. The lowest BCUT2D eigenvalue weighted by atomic mass is 10.2. The Balaban J connectivity index is 2.45. The zero-order chi connectivity index (χ0) is 12.9. The van der Waals surface area contributed by atoms with Crippen LogP contribution in [0.5, 0.6) is 0 Å². The fourth-order valence-electron chi connectivity index (χ4n) is 1.72. The Morgan fingerprint density at radius 1 is 1.47 bits per heavy atom. The molecule has 0 saturated heterocycles. The summed E-state index contributed by atoms with van der Waals surface area (Å²) < 4.78 is 37.1. The molecule has 0 radical (unpaired) electrons. The van der Waals surface area contributed by atoms with Crippen LogP contribution < -0.4 is 5.32 Å². The minimum Gasteiger partial charge on any atom is -0.301 e. The summed E-state index contributed by atoms with van der Waals surface area (Å²) in [7, 11) is 0. The van der Waals surface area contributed by atoms with E-state index in [9.17, 15) is 13.2 Å². The maximum Gasteiger partial charge on any atom is 0.401 e. The van der Waals surface area contributed by atoms with Gasteiger partial charge < -0.3 is 5.32 Å². The second-order valence-corrected chi connectivity index (χ2v) is 4.41. The highest BCUT2D eigenvalue weighted by molar-refractivity contribution is 4.96. The minimum absolute atomic E-state index is 0.0101. The molecular formula is C11H18F3N3. The zero-order valence-electron chi connectivity index (χ0n) is 9.93. The van der Waals surface area contributed by atoms with Gasteiger partial charge in [0.25, 0.3) is 0 Å². The van der Waals surface area contributed by atoms with Gasteiger partial charge in [-0.25, -0.2) is 0 Å². The van der Waals surface area contributed by atoms with E-state index in [4.69, 9.17) is 5.26 Å². The Morgan fingerprint density at radius 2 is 2.12 bits per heavy atom. The van der Waals surface area contributed by atoms with Gasteiger partial charge in [-0.1, -0.05) is 6.92 Å². The van der Waals surface area contributed by atoms with E-state index >= 15 is 0 Å². The Kier molecular flexibility index (Phi) is 5.22. The minimum atomic E-state index is -4.19. The topological polar surface area (TPSA) is 39.1 Å². The van der Waals surface area contributed by atoms with Crippen LogP contribution in [0.2, 0.25) is 0 Å². The van der Waals surface area contributed by atoms with Crippen LogP contribution in [-0.4, -0.2) is 42.8 Å². The van der Waals surface area contributed by atoms with Gasteiger partial charge in [0.15, 0.2) is 0 Å². The van der Waals surface area contributed by atoms with Gasteiger partial charge in [0.2, 0.25) is 0 Å². The van der Waals surface area contributed by atoms with Crippen LogP contribution in [0, 0.1) is 11.3 Å². The lowest BCUT2D eigenvalue weighted by Gasteiger charge is -2.25. The number of rotatable bonds is 7. The summed E-state index contributed by atoms with van der Waals surface area (Å²) in [6, 6.07) is 1.51. The lowest BCUT2D eigenvalue weighted by molar-refractivity contribution is -0.147. The maximum atomic E-state index is 12.4. The molecule has 0 bridgehead atoms. The first-order valence-corrected chi connectivity index (χ1v) is 5.90. The predicted octanol–water partition coefficient (Wildman–Crippen LogP) is 1.90. The van der Waals surface area contributed by atoms with Gasteiger partial charge in [0.05, 0.1) is 12.6 Å². The predicted molar refractivity (Wildman–Crippen MR) is 58.3 cm³/mol. The van der Waals surface area contributed by atoms with E-state index in [1.165, 1.54) is 4.90 Å². The van der Waals surface area contributed by atoms with Crippen LogP contribution >= 0.6 is 0 Å². The molecule has 1 fully saturated rings.